The molecule has 0 spiro atoms. The molecule has 6 heteroatoms. The topological polar surface area (TPSA) is 58.2 Å². The van der Waals surface area contributed by atoms with Gasteiger partial charge in [-0.2, -0.15) is 0 Å². The van der Waals surface area contributed by atoms with E-state index in [4.69, 9.17) is 7.85 Å². The van der Waals surface area contributed by atoms with Gasteiger partial charge < -0.3 is 0 Å². The normalized spacial score (nSPS) is 9.67. The Bertz CT molecular complexity index is 365. The van der Waals surface area contributed by atoms with Gasteiger partial charge in [0.1, 0.15) is 7.85 Å². The van der Waals surface area contributed by atoms with Crippen molar-refractivity contribution in [1.29, 1.82) is 0 Å². The first kappa shape index (κ1) is 11.8. The highest BCUT2D eigenvalue weighted by Crippen LogP contribution is 2.04. The highest BCUT2D eigenvalue weighted by molar-refractivity contribution is 7.21. The molecular weight excluding hydrogens is 211 g/mol. The number of hydrogen-bond donors (Lipinski definition) is 2. The second-order valence-electron chi connectivity index (χ2n) is 2.95. The molecular formula is C9H11BN2O2S. The molecule has 0 aliphatic heterocycles. The predicted molar refractivity (Wildman–Crippen MR) is 60.2 cm³/mol. The molecule has 2 amide bonds. The van der Waals surface area contributed by atoms with E-state index in [-0.39, 0.29) is 11.8 Å². The SMILES string of the molecule is [B]c1ccc(C(=O)NNC(=O)CCC)s1. The number of thiophene rings is 1. The van der Waals surface area contributed by atoms with Crippen molar-refractivity contribution in [2.75, 3.05) is 0 Å². The van der Waals surface area contributed by atoms with Crippen molar-refractivity contribution in [2.45, 2.75) is 19.8 Å². The molecule has 0 unspecified atom stereocenters. The van der Waals surface area contributed by atoms with Gasteiger partial charge in [-0.1, -0.05) is 13.0 Å². The average Bonchev–Trinajstić information content (AvgIpc) is 2.62. The van der Waals surface area contributed by atoms with Gasteiger partial charge in [-0.15, -0.1) is 11.3 Å². The summed E-state index contributed by atoms with van der Waals surface area (Å²) in [5.74, 6) is -0.545. The molecule has 1 rings (SSSR count). The van der Waals surface area contributed by atoms with Crippen LogP contribution in [-0.2, 0) is 4.79 Å². The van der Waals surface area contributed by atoms with E-state index in [9.17, 15) is 9.59 Å². The molecule has 1 aromatic heterocycles. The van der Waals surface area contributed by atoms with Crippen LogP contribution in [0.1, 0.15) is 29.4 Å². The van der Waals surface area contributed by atoms with E-state index in [0.29, 0.717) is 16.1 Å². The zero-order valence-corrected chi connectivity index (χ0v) is 9.19. The Morgan fingerprint density at radius 1 is 1.40 bits per heavy atom. The Hall–Kier alpha value is -1.30. The minimum absolute atomic E-state index is 0.199. The van der Waals surface area contributed by atoms with Crippen molar-refractivity contribution in [2.24, 2.45) is 0 Å². The molecule has 0 aliphatic carbocycles. The number of nitrogens with one attached hydrogen (secondary N) is 2. The summed E-state index contributed by atoms with van der Waals surface area (Å²) in [5, 5.41) is 0. The van der Waals surface area contributed by atoms with E-state index >= 15 is 0 Å². The van der Waals surface area contributed by atoms with Crippen molar-refractivity contribution in [1.82, 2.24) is 10.9 Å². The highest BCUT2D eigenvalue weighted by atomic mass is 32.1. The van der Waals surface area contributed by atoms with Crippen molar-refractivity contribution in [3.8, 4) is 0 Å². The molecule has 1 heterocycles. The summed E-state index contributed by atoms with van der Waals surface area (Å²) in [5.41, 5.74) is 4.63. The molecule has 2 N–H and O–H groups in total. The van der Waals surface area contributed by atoms with Gasteiger partial charge in [0.05, 0.1) is 4.88 Å². The van der Waals surface area contributed by atoms with Crippen LogP contribution >= 0.6 is 11.3 Å². The predicted octanol–water partition coefficient (Wildman–Crippen LogP) is 0.103. The Kier molecular flexibility index (Phi) is 4.36. The molecule has 4 nitrogen and oxygen atoms in total. The molecule has 0 fully saturated rings. The lowest BCUT2D eigenvalue weighted by Gasteiger charge is -2.04. The van der Waals surface area contributed by atoms with Crippen molar-refractivity contribution in [3.63, 3.8) is 0 Å². The lowest BCUT2D eigenvalue weighted by Crippen LogP contribution is -2.41. The first-order chi connectivity index (χ1) is 7.13. The van der Waals surface area contributed by atoms with Gasteiger partial charge in [-0.3, -0.25) is 20.4 Å². The monoisotopic (exact) mass is 222 g/mol. The molecule has 78 valence electrons. The van der Waals surface area contributed by atoms with Crippen LogP contribution in [0, 0.1) is 0 Å². The summed E-state index contributed by atoms with van der Waals surface area (Å²) in [4.78, 5) is 22.9. The number of amides is 2. The standard InChI is InChI=1S/C9H11BN2O2S/c1-2-3-8(13)11-12-9(14)6-4-5-7(10)15-6/h4-5H,2-3H2,1H3,(H,11,13)(H,12,14). The molecule has 0 bridgehead atoms. The van der Waals surface area contributed by atoms with Crippen LogP contribution in [0.4, 0.5) is 0 Å². The molecule has 0 atom stereocenters. The van der Waals surface area contributed by atoms with Crippen LogP contribution in [0.2, 0.25) is 0 Å². The maximum atomic E-state index is 11.4. The molecule has 0 saturated carbocycles. The lowest BCUT2D eigenvalue weighted by molar-refractivity contribution is -0.121. The van der Waals surface area contributed by atoms with Gasteiger partial charge >= 0.3 is 0 Å². The van der Waals surface area contributed by atoms with Gasteiger partial charge in [-0.05, 0) is 17.3 Å². The Morgan fingerprint density at radius 3 is 2.67 bits per heavy atom. The zero-order valence-electron chi connectivity index (χ0n) is 8.37. The zero-order chi connectivity index (χ0) is 11.3. The smallest absolute Gasteiger partial charge is 0.273 e. The van der Waals surface area contributed by atoms with Gasteiger partial charge in [0, 0.05) is 6.42 Å². The largest absolute Gasteiger partial charge is 0.279 e. The van der Waals surface area contributed by atoms with Crippen molar-refractivity contribution in [3.05, 3.63) is 17.0 Å². The molecule has 0 aliphatic rings. The van der Waals surface area contributed by atoms with Crippen LogP contribution in [0.15, 0.2) is 12.1 Å². The second kappa shape index (κ2) is 5.55. The molecule has 2 radical (unpaired) electrons. The Balaban J connectivity index is 2.40. The van der Waals surface area contributed by atoms with Crippen LogP contribution in [0.5, 0.6) is 0 Å². The number of carbonyl (C=O) groups is 2. The maximum absolute atomic E-state index is 11.4. The minimum atomic E-state index is -0.346. The van der Waals surface area contributed by atoms with E-state index in [0.717, 1.165) is 6.42 Å². The number of hydrogen-bond acceptors (Lipinski definition) is 3. The van der Waals surface area contributed by atoms with Crippen LogP contribution in [0.25, 0.3) is 0 Å². The average molecular weight is 222 g/mol. The van der Waals surface area contributed by atoms with Gasteiger partial charge in [-0.25, -0.2) is 0 Å². The van der Waals surface area contributed by atoms with E-state index < -0.39 is 0 Å². The highest BCUT2D eigenvalue weighted by Gasteiger charge is 2.08. The third-order valence-corrected chi connectivity index (χ3v) is 2.56. The number of carbonyl (C=O) groups excluding carboxylic acids is 2. The maximum Gasteiger partial charge on any atom is 0.279 e. The molecule has 0 aromatic carbocycles. The first-order valence-electron chi connectivity index (χ1n) is 4.58. The van der Waals surface area contributed by atoms with Crippen LogP contribution < -0.4 is 15.6 Å². The third kappa shape index (κ3) is 3.75. The van der Waals surface area contributed by atoms with Crippen molar-refractivity contribution >= 4 is 35.8 Å². The third-order valence-electron chi connectivity index (χ3n) is 1.64. The van der Waals surface area contributed by atoms with Gasteiger partial charge in [0.25, 0.3) is 5.91 Å². The fourth-order valence-electron chi connectivity index (χ4n) is 0.953. The molecule has 1 aromatic rings. The fourth-order valence-corrected chi connectivity index (χ4v) is 1.62. The summed E-state index contributed by atoms with van der Waals surface area (Å²) in [6, 6.07) is 3.26. The summed E-state index contributed by atoms with van der Waals surface area (Å²) < 4.78 is 0.569. The van der Waals surface area contributed by atoms with Crippen LogP contribution in [-0.4, -0.2) is 19.7 Å². The van der Waals surface area contributed by atoms with Crippen molar-refractivity contribution < 1.29 is 9.59 Å². The van der Waals surface area contributed by atoms with Gasteiger partial charge in [0.2, 0.25) is 5.91 Å². The number of hydrazine groups is 1. The summed E-state index contributed by atoms with van der Waals surface area (Å²) in [7, 11) is 5.47. The number of rotatable bonds is 3. The van der Waals surface area contributed by atoms with Gasteiger partial charge in [0.15, 0.2) is 0 Å². The summed E-state index contributed by atoms with van der Waals surface area (Å²) >= 11 is 1.18. The molecule has 15 heavy (non-hydrogen) atoms. The van der Waals surface area contributed by atoms with E-state index in [1.165, 1.54) is 11.3 Å². The lowest BCUT2D eigenvalue weighted by atomic mass is 10.1. The molecule has 0 saturated heterocycles. The minimum Gasteiger partial charge on any atom is -0.273 e. The van der Waals surface area contributed by atoms with Crippen LogP contribution in [0.3, 0.4) is 0 Å². The Morgan fingerprint density at radius 2 is 2.13 bits per heavy atom. The van der Waals surface area contributed by atoms with E-state index in [1.807, 2.05) is 6.92 Å². The Labute approximate surface area is 93.4 Å². The first-order valence-corrected chi connectivity index (χ1v) is 5.39. The van der Waals surface area contributed by atoms with E-state index in [1.54, 1.807) is 12.1 Å². The summed E-state index contributed by atoms with van der Waals surface area (Å²) in [6.45, 7) is 1.89. The summed E-state index contributed by atoms with van der Waals surface area (Å²) in [6.07, 6.45) is 1.14. The quantitative estimate of drug-likeness (QED) is 0.563. The fraction of sp³-hybridized carbons (Fsp3) is 0.333. The van der Waals surface area contributed by atoms with E-state index in [2.05, 4.69) is 10.9 Å². The second-order valence-corrected chi connectivity index (χ2v) is 4.07.